The molecule has 108 valence electrons. The predicted octanol–water partition coefficient (Wildman–Crippen LogP) is 2.69. The standard InChI is InChI=1S/C15H15N3O3/c1-15(2,3)8-7-10-5-4-6-11(9-10)21-13-12(14(19)20)16-18-17-13/h4-6,9H,1-3H3,(H,19,20)(H,16,17,18). The number of nitrogens with one attached hydrogen (secondary N) is 1. The van der Waals surface area contributed by atoms with Gasteiger partial charge in [0.05, 0.1) is 0 Å². The van der Waals surface area contributed by atoms with Crippen molar-refractivity contribution in [3.8, 4) is 23.5 Å². The maximum absolute atomic E-state index is 10.9. The van der Waals surface area contributed by atoms with Crippen molar-refractivity contribution in [1.82, 2.24) is 15.4 Å². The van der Waals surface area contributed by atoms with E-state index in [-0.39, 0.29) is 17.0 Å². The number of nitrogens with zero attached hydrogens (tertiary/aromatic N) is 2. The molecular weight excluding hydrogens is 270 g/mol. The third-order valence-electron chi connectivity index (χ3n) is 2.35. The lowest BCUT2D eigenvalue weighted by molar-refractivity contribution is 0.0687. The second kappa shape index (κ2) is 5.67. The van der Waals surface area contributed by atoms with Crippen LogP contribution in [-0.4, -0.2) is 26.5 Å². The zero-order valence-electron chi connectivity index (χ0n) is 12.0. The number of rotatable bonds is 3. The third kappa shape index (κ3) is 4.08. The van der Waals surface area contributed by atoms with Crippen LogP contribution in [0.4, 0.5) is 0 Å². The van der Waals surface area contributed by atoms with Crippen LogP contribution in [0.2, 0.25) is 0 Å². The van der Waals surface area contributed by atoms with Gasteiger partial charge in [0.15, 0.2) is 0 Å². The molecule has 21 heavy (non-hydrogen) atoms. The first kappa shape index (κ1) is 14.6. The minimum absolute atomic E-state index is 0.0107. The average molecular weight is 285 g/mol. The van der Waals surface area contributed by atoms with Crippen molar-refractivity contribution in [3.63, 3.8) is 0 Å². The number of aromatic carboxylic acids is 1. The molecule has 0 spiro atoms. The molecule has 2 N–H and O–H groups in total. The van der Waals surface area contributed by atoms with E-state index >= 15 is 0 Å². The Kier molecular flexibility index (Phi) is 3.94. The van der Waals surface area contributed by atoms with E-state index < -0.39 is 5.97 Å². The van der Waals surface area contributed by atoms with E-state index in [0.29, 0.717) is 5.75 Å². The fourth-order valence-corrected chi connectivity index (χ4v) is 1.44. The Morgan fingerprint density at radius 2 is 2.14 bits per heavy atom. The van der Waals surface area contributed by atoms with Crippen LogP contribution < -0.4 is 4.74 Å². The van der Waals surface area contributed by atoms with Gasteiger partial charge in [0.2, 0.25) is 5.69 Å². The number of hydrogen-bond acceptors (Lipinski definition) is 4. The van der Waals surface area contributed by atoms with Crippen molar-refractivity contribution in [3.05, 3.63) is 35.5 Å². The van der Waals surface area contributed by atoms with E-state index in [4.69, 9.17) is 9.84 Å². The fraction of sp³-hybridized carbons (Fsp3) is 0.267. The van der Waals surface area contributed by atoms with Crippen LogP contribution in [0, 0.1) is 17.3 Å². The molecule has 6 heteroatoms. The monoisotopic (exact) mass is 285 g/mol. The summed E-state index contributed by atoms with van der Waals surface area (Å²) in [4.78, 5) is 10.9. The normalized spacial score (nSPS) is 10.6. The third-order valence-corrected chi connectivity index (χ3v) is 2.35. The highest BCUT2D eigenvalue weighted by molar-refractivity contribution is 5.87. The number of carboxylic acid groups (broad SMARTS) is 1. The highest BCUT2D eigenvalue weighted by Crippen LogP contribution is 2.22. The van der Waals surface area contributed by atoms with E-state index in [1.165, 1.54) is 0 Å². The quantitative estimate of drug-likeness (QED) is 0.846. The van der Waals surface area contributed by atoms with Gasteiger partial charge in [0.25, 0.3) is 5.88 Å². The minimum Gasteiger partial charge on any atom is -0.476 e. The largest absolute Gasteiger partial charge is 0.476 e. The molecule has 6 nitrogen and oxygen atoms in total. The molecule has 0 saturated heterocycles. The lowest BCUT2D eigenvalue weighted by Gasteiger charge is -2.07. The molecule has 0 atom stereocenters. The second-order valence-electron chi connectivity index (χ2n) is 5.42. The van der Waals surface area contributed by atoms with Gasteiger partial charge in [-0.2, -0.15) is 0 Å². The Morgan fingerprint density at radius 3 is 2.81 bits per heavy atom. The summed E-state index contributed by atoms with van der Waals surface area (Å²) >= 11 is 0. The van der Waals surface area contributed by atoms with Crippen LogP contribution >= 0.6 is 0 Å². The molecule has 0 radical (unpaired) electrons. The second-order valence-corrected chi connectivity index (χ2v) is 5.42. The molecule has 1 aromatic heterocycles. The SMILES string of the molecule is CC(C)(C)C#Cc1cccc(Oc2[nH]nnc2C(=O)O)c1. The number of hydrogen-bond donors (Lipinski definition) is 2. The van der Waals surface area contributed by atoms with Gasteiger partial charge in [-0.15, -0.1) is 5.10 Å². The summed E-state index contributed by atoms with van der Waals surface area (Å²) in [6, 6.07) is 7.07. The Labute approximate surface area is 122 Å². The molecule has 0 bridgehead atoms. The summed E-state index contributed by atoms with van der Waals surface area (Å²) in [6.07, 6.45) is 0. The Hall–Kier alpha value is -2.81. The highest BCUT2D eigenvalue weighted by Gasteiger charge is 2.16. The zero-order chi connectivity index (χ0) is 15.5. The van der Waals surface area contributed by atoms with Crippen molar-refractivity contribution in [1.29, 1.82) is 0 Å². The zero-order valence-corrected chi connectivity index (χ0v) is 12.0. The summed E-state index contributed by atoms with van der Waals surface area (Å²) < 4.78 is 5.45. The molecule has 2 rings (SSSR count). The lowest BCUT2D eigenvalue weighted by Crippen LogP contribution is -2.00. The van der Waals surface area contributed by atoms with Crippen molar-refractivity contribution in [2.75, 3.05) is 0 Å². The summed E-state index contributed by atoms with van der Waals surface area (Å²) in [5.74, 6) is 5.42. The topological polar surface area (TPSA) is 88.1 Å². The molecule has 1 heterocycles. The summed E-state index contributed by atoms with van der Waals surface area (Å²) in [7, 11) is 0. The molecule has 0 fully saturated rings. The van der Waals surface area contributed by atoms with Gasteiger partial charge in [-0.1, -0.05) is 23.1 Å². The van der Waals surface area contributed by atoms with Crippen LogP contribution in [0.3, 0.4) is 0 Å². The lowest BCUT2D eigenvalue weighted by atomic mass is 9.97. The van der Waals surface area contributed by atoms with E-state index in [0.717, 1.165) is 5.56 Å². The van der Waals surface area contributed by atoms with Gasteiger partial charge < -0.3 is 9.84 Å². The van der Waals surface area contributed by atoms with Crippen molar-refractivity contribution < 1.29 is 14.6 Å². The number of H-pyrrole nitrogens is 1. The van der Waals surface area contributed by atoms with Gasteiger partial charge in [-0.25, -0.2) is 9.89 Å². The number of aromatic amines is 1. The van der Waals surface area contributed by atoms with Gasteiger partial charge in [0.1, 0.15) is 5.75 Å². The predicted molar refractivity (Wildman–Crippen MR) is 76.2 cm³/mol. The van der Waals surface area contributed by atoms with E-state index in [2.05, 4.69) is 27.3 Å². The maximum atomic E-state index is 10.9. The van der Waals surface area contributed by atoms with Crippen LogP contribution in [0.5, 0.6) is 11.6 Å². The molecule has 0 amide bonds. The Balaban J connectivity index is 2.23. The average Bonchev–Trinajstić information content (AvgIpc) is 2.84. The van der Waals surface area contributed by atoms with Gasteiger partial charge >= 0.3 is 5.97 Å². The molecule has 0 aliphatic rings. The highest BCUT2D eigenvalue weighted by atomic mass is 16.5. The first-order chi connectivity index (χ1) is 9.85. The summed E-state index contributed by atoms with van der Waals surface area (Å²) in [5.41, 5.74) is 0.425. The van der Waals surface area contributed by atoms with Crippen LogP contribution in [0.25, 0.3) is 0 Å². The fourth-order valence-electron chi connectivity index (χ4n) is 1.44. The van der Waals surface area contributed by atoms with Crippen molar-refractivity contribution in [2.45, 2.75) is 20.8 Å². The van der Waals surface area contributed by atoms with Gasteiger partial charge in [-0.05, 0) is 39.0 Å². The number of carbonyl (C=O) groups is 1. The maximum Gasteiger partial charge on any atom is 0.362 e. The molecule has 2 aromatic rings. The molecule has 0 saturated carbocycles. The van der Waals surface area contributed by atoms with Gasteiger partial charge in [-0.3, -0.25) is 0 Å². The Morgan fingerprint density at radius 1 is 1.38 bits per heavy atom. The van der Waals surface area contributed by atoms with E-state index in [1.54, 1.807) is 18.2 Å². The Bertz CT molecular complexity index is 717. The number of ether oxygens (including phenoxy) is 1. The minimum atomic E-state index is -1.21. The molecule has 0 aliphatic heterocycles. The van der Waals surface area contributed by atoms with Crippen molar-refractivity contribution in [2.24, 2.45) is 5.41 Å². The summed E-state index contributed by atoms with van der Waals surface area (Å²) in [6.45, 7) is 6.07. The van der Waals surface area contributed by atoms with Crippen LogP contribution in [0.1, 0.15) is 36.8 Å². The molecule has 1 aromatic carbocycles. The van der Waals surface area contributed by atoms with Crippen LogP contribution in [-0.2, 0) is 0 Å². The molecular formula is C15H15N3O3. The smallest absolute Gasteiger partial charge is 0.362 e. The molecule has 0 unspecified atom stereocenters. The van der Waals surface area contributed by atoms with Crippen molar-refractivity contribution >= 4 is 5.97 Å². The number of benzene rings is 1. The summed E-state index contributed by atoms with van der Waals surface area (Å²) in [5, 5.41) is 18.2. The van der Waals surface area contributed by atoms with E-state index in [9.17, 15) is 4.79 Å². The number of carboxylic acids is 1. The first-order valence-corrected chi connectivity index (χ1v) is 6.30. The van der Waals surface area contributed by atoms with Crippen LogP contribution in [0.15, 0.2) is 24.3 Å². The number of aromatic nitrogens is 3. The molecule has 0 aliphatic carbocycles. The first-order valence-electron chi connectivity index (χ1n) is 6.30. The van der Waals surface area contributed by atoms with Gasteiger partial charge in [0, 0.05) is 11.0 Å². The van der Waals surface area contributed by atoms with E-state index in [1.807, 2.05) is 26.8 Å².